The van der Waals surface area contributed by atoms with E-state index in [1.54, 1.807) is 32.9 Å². The summed E-state index contributed by atoms with van der Waals surface area (Å²) in [5.74, 6) is -0.475. The number of alkyl carbamates (subject to hydrolysis) is 1. The van der Waals surface area contributed by atoms with Gasteiger partial charge in [0.25, 0.3) is 0 Å². The van der Waals surface area contributed by atoms with Crippen molar-refractivity contribution in [3.05, 3.63) is 35.9 Å². The van der Waals surface area contributed by atoms with Crippen molar-refractivity contribution < 1.29 is 19.1 Å². The normalized spacial score (nSPS) is 19.3. The molecule has 1 heterocycles. The van der Waals surface area contributed by atoms with E-state index in [1.165, 1.54) is 0 Å². The van der Waals surface area contributed by atoms with E-state index in [-0.39, 0.29) is 6.04 Å². The molecule has 2 atom stereocenters. The van der Waals surface area contributed by atoms with Crippen LogP contribution in [0.1, 0.15) is 45.2 Å². The molecule has 0 spiro atoms. The molecule has 1 N–H and O–H groups in total. The van der Waals surface area contributed by atoms with Gasteiger partial charge in [0.05, 0.1) is 0 Å². The summed E-state index contributed by atoms with van der Waals surface area (Å²) in [6.07, 6.45) is 1.48. The molecule has 0 aliphatic carbocycles. The lowest BCUT2D eigenvalue weighted by atomic mass is 10.1. The lowest BCUT2D eigenvalue weighted by Crippen LogP contribution is -2.40. The second kappa shape index (κ2) is 8.34. The second-order valence-corrected chi connectivity index (χ2v) is 7.40. The summed E-state index contributed by atoms with van der Waals surface area (Å²) < 4.78 is 10.8. The van der Waals surface area contributed by atoms with Gasteiger partial charge in [0, 0.05) is 6.04 Å². The van der Waals surface area contributed by atoms with Crippen LogP contribution < -0.4 is 5.32 Å². The van der Waals surface area contributed by atoms with Crippen LogP contribution in [-0.4, -0.2) is 48.8 Å². The van der Waals surface area contributed by atoms with E-state index >= 15 is 0 Å². The van der Waals surface area contributed by atoms with Crippen molar-refractivity contribution in [3.63, 3.8) is 0 Å². The average Bonchev–Trinajstić information content (AvgIpc) is 2.94. The summed E-state index contributed by atoms with van der Waals surface area (Å²) in [4.78, 5) is 26.9. The zero-order valence-electron chi connectivity index (χ0n) is 15.5. The Balaban J connectivity index is 2.03. The van der Waals surface area contributed by atoms with E-state index in [0.717, 1.165) is 19.4 Å². The van der Waals surface area contributed by atoms with Crippen LogP contribution in [-0.2, 0) is 14.3 Å². The number of carbonyl (C=O) groups is 2. The zero-order valence-corrected chi connectivity index (χ0v) is 15.5. The lowest BCUT2D eigenvalue weighted by molar-refractivity contribution is -0.147. The van der Waals surface area contributed by atoms with Crippen molar-refractivity contribution >= 4 is 12.1 Å². The first-order valence-electron chi connectivity index (χ1n) is 8.67. The number of amides is 1. The molecule has 1 aromatic carbocycles. The number of benzene rings is 1. The van der Waals surface area contributed by atoms with Gasteiger partial charge >= 0.3 is 12.1 Å². The highest BCUT2D eigenvalue weighted by Crippen LogP contribution is 2.19. The first-order chi connectivity index (χ1) is 11.8. The number of rotatable bonds is 5. The molecule has 1 unspecified atom stereocenters. The Kier molecular flexibility index (Phi) is 6.42. The predicted molar refractivity (Wildman–Crippen MR) is 95.2 cm³/mol. The third kappa shape index (κ3) is 6.05. The molecule has 1 aromatic rings. The molecule has 0 radical (unpaired) electrons. The molecule has 6 nitrogen and oxygen atoms in total. The third-order valence-electron chi connectivity index (χ3n) is 4.12. The Morgan fingerprint density at radius 3 is 2.52 bits per heavy atom. The van der Waals surface area contributed by atoms with Crippen LogP contribution in [0, 0.1) is 0 Å². The number of nitrogens with zero attached hydrogens (tertiary/aromatic N) is 1. The summed E-state index contributed by atoms with van der Waals surface area (Å²) in [7, 11) is 2.03. The van der Waals surface area contributed by atoms with E-state index < -0.39 is 23.7 Å². The Bertz CT molecular complexity index is 583. The molecule has 25 heavy (non-hydrogen) atoms. The quantitative estimate of drug-likeness (QED) is 0.829. The lowest BCUT2D eigenvalue weighted by Gasteiger charge is -2.24. The maximum absolute atomic E-state index is 12.6. The maximum Gasteiger partial charge on any atom is 0.408 e. The Morgan fingerprint density at radius 2 is 1.96 bits per heavy atom. The standard InChI is InChI=1S/C19H28N2O4/c1-19(2,3)25-18(23)20-16(14-9-6-5-7-10-14)17(22)24-13-15-11-8-12-21(15)4/h5-7,9-10,15-16H,8,11-13H2,1-4H3,(H,20,23)/t15-,16?/m0/s1. The number of hydrogen-bond donors (Lipinski definition) is 1. The van der Waals surface area contributed by atoms with E-state index in [4.69, 9.17) is 9.47 Å². The van der Waals surface area contributed by atoms with E-state index in [9.17, 15) is 9.59 Å². The van der Waals surface area contributed by atoms with Crippen LogP contribution in [0.25, 0.3) is 0 Å². The topological polar surface area (TPSA) is 67.9 Å². The summed E-state index contributed by atoms with van der Waals surface area (Å²) in [6.45, 7) is 6.67. The highest BCUT2D eigenvalue weighted by Gasteiger charge is 2.29. The first kappa shape index (κ1) is 19.2. The molecule has 1 aliphatic heterocycles. The molecular formula is C19H28N2O4. The van der Waals surface area contributed by atoms with Gasteiger partial charge in [-0.1, -0.05) is 30.3 Å². The van der Waals surface area contributed by atoms with Gasteiger partial charge < -0.3 is 19.7 Å². The van der Waals surface area contributed by atoms with Crippen molar-refractivity contribution in [2.24, 2.45) is 0 Å². The van der Waals surface area contributed by atoms with E-state index in [0.29, 0.717) is 12.2 Å². The highest BCUT2D eigenvalue weighted by molar-refractivity contribution is 5.82. The molecule has 6 heteroatoms. The Morgan fingerprint density at radius 1 is 1.28 bits per heavy atom. The van der Waals surface area contributed by atoms with Gasteiger partial charge in [-0.25, -0.2) is 9.59 Å². The summed E-state index contributed by atoms with van der Waals surface area (Å²) in [6, 6.07) is 8.40. The van der Waals surface area contributed by atoms with Gasteiger partial charge in [-0.2, -0.15) is 0 Å². The fourth-order valence-electron chi connectivity index (χ4n) is 2.80. The molecule has 1 amide bonds. The maximum atomic E-state index is 12.6. The number of nitrogens with one attached hydrogen (secondary N) is 1. The number of ether oxygens (including phenoxy) is 2. The van der Waals surface area contributed by atoms with Crippen molar-refractivity contribution in [2.75, 3.05) is 20.2 Å². The zero-order chi connectivity index (χ0) is 18.4. The highest BCUT2D eigenvalue weighted by atomic mass is 16.6. The third-order valence-corrected chi connectivity index (χ3v) is 4.12. The van der Waals surface area contributed by atoms with Crippen molar-refractivity contribution in [1.82, 2.24) is 10.2 Å². The van der Waals surface area contributed by atoms with Gasteiger partial charge in [-0.3, -0.25) is 0 Å². The minimum absolute atomic E-state index is 0.238. The van der Waals surface area contributed by atoms with Crippen LogP contribution >= 0.6 is 0 Å². The van der Waals surface area contributed by atoms with Gasteiger partial charge in [-0.15, -0.1) is 0 Å². The predicted octanol–water partition coefficient (Wildman–Crippen LogP) is 2.89. The molecule has 1 saturated heterocycles. The summed E-state index contributed by atoms with van der Waals surface area (Å²) in [5.41, 5.74) is 0.0278. The molecule has 1 aliphatic rings. The van der Waals surface area contributed by atoms with E-state index in [2.05, 4.69) is 10.2 Å². The van der Waals surface area contributed by atoms with Crippen molar-refractivity contribution in [1.29, 1.82) is 0 Å². The SMILES string of the molecule is CN1CCC[C@H]1COC(=O)C(NC(=O)OC(C)(C)C)c1ccccc1. The smallest absolute Gasteiger partial charge is 0.408 e. The molecule has 0 bridgehead atoms. The van der Waals surface area contributed by atoms with Crippen molar-refractivity contribution in [3.8, 4) is 0 Å². The van der Waals surface area contributed by atoms with Crippen LogP contribution in [0.5, 0.6) is 0 Å². The van der Waals surface area contributed by atoms with Gasteiger partial charge in [-0.05, 0) is 52.8 Å². The number of carbonyl (C=O) groups excluding carboxylic acids is 2. The van der Waals surface area contributed by atoms with Crippen LogP contribution in [0.15, 0.2) is 30.3 Å². The second-order valence-electron chi connectivity index (χ2n) is 7.40. The largest absolute Gasteiger partial charge is 0.462 e. The minimum atomic E-state index is -0.886. The number of likely N-dealkylation sites (N-methyl/N-ethyl adjacent to an activating group) is 1. The number of hydrogen-bond acceptors (Lipinski definition) is 5. The summed E-state index contributed by atoms with van der Waals surface area (Å²) >= 11 is 0. The number of esters is 1. The van der Waals surface area contributed by atoms with Gasteiger partial charge in [0.1, 0.15) is 12.2 Å². The van der Waals surface area contributed by atoms with E-state index in [1.807, 2.05) is 25.2 Å². The molecular weight excluding hydrogens is 320 g/mol. The van der Waals surface area contributed by atoms with Crippen LogP contribution in [0.2, 0.25) is 0 Å². The molecule has 138 valence electrons. The van der Waals surface area contributed by atoms with Crippen LogP contribution in [0.4, 0.5) is 4.79 Å². The fraction of sp³-hybridized carbons (Fsp3) is 0.579. The Hall–Kier alpha value is -2.08. The summed E-state index contributed by atoms with van der Waals surface area (Å²) in [5, 5.41) is 2.63. The number of likely N-dealkylation sites (tertiary alicyclic amines) is 1. The Labute approximate surface area is 149 Å². The van der Waals surface area contributed by atoms with Gasteiger partial charge in [0.2, 0.25) is 0 Å². The molecule has 0 saturated carbocycles. The monoisotopic (exact) mass is 348 g/mol. The molecule has 1 fully saturated rings. The van der Waals surface area contributed by atoms with Crippen molar-refractivity contribution in [2.45, 2.75) is 51.3 Å². The molecule has 2 rings (SSSR count). The molecule has 0 aromatic heterocycles. The van der Waals surface area contributed by atoms with Gasteiger partial charge in [0.15, 0.2) is 6.04 Å². The minimum Gasteiger partial charge on any atom is -0.462 e. The first-order valence-corrected chi connectivity index (χ1v) is 8.67. The van der Waals surface area contributed by atoms with Crippen LogP contribution in [0.3, 0.4) is 0 Å². The average molecular weight is 348 g/mol. The fourth-order valence-corrected chi connectivity index (χ4v) is 2.80.